The van der Waals surface area contributed by atoms with Crippen molar-refractivity contribution in [2.75, 3.05) is 11.1 Å². The van der Waals surface area contributed by atoms with Crippen LogP contribution in [-0.2, 0) is 4.79 Å². The normalized spacial score (nSPS) is 20.3. The summed E-state index contributed by atoms with van der Waals surface area (Å²) in [7, 11) is 0. The molecule has 2 aromatic rings. The summed E-state index contributed by atoms with van der Waals surface area (Å²) in [6.45, 7) is 4.19. The van der Waals surface area contributed by atoms with Gasteiger partial charge in [0.2, 0.25) is 11.1 Å². The number of aromatic nitrogens is 3. The topological polar surface area (TPSA) is 59.8 Å². The monoisotopic (exact) mass is 346 g/mol. The molecule has 0 bridgehead atoms. The van der Waals surface area contributed by atoms with Crippen molar-refractivity contribution in [3.05, 3.63) is 33.2 Å². The number of aryl methyl sites for hydroxylation is 1. The Morgan fingerprint density at radius 2 is 2.35 bits per heavy atom. The highest BCUT2D eigenvalue weighted by molar-refractivity contribution is 7.99. The smallest absolute Gasteiger partial charge is 0.227 e. The van der Waals surface area contributed by atoms with Gasteiger partial charge in [0.1, 0.15) is 6.04 Å². The fraction of sp³-hybridized carbons (Fsp3) is 0.438. The van der Waals surface area contributed by atoms with Gasteiger partial charge in [-0.2, -0.15) is 4.98 Å². The molecule has 23 heavy (non-hydrogen) atoms. The van der Waals surface area contributed by atoms with Crippen molar-refractivity contribution in [3.63, 3.8) is 0 Å². The number of anilines is 1. The van der Waals surface area contributed by atoms with Gasteiger partial charge in [-0.1, -0.05) is 18.7 Å². The first-order valence-corrected chi connectivity index (χ1v) is 9.72. The van der Waals surface area contributed by atoms with Crippen LogP contribution in [-0.4, -0.2) is 26.3 Å². The summed E-state index contributed by atoms with van der Waals surface area (Å²) in [6, 6.07) is 1.97. The predicted molar refractivity (Wildman–Crippen MR) is 93.1 cm³/mol. The van der Waals surface area contributed by atoms with Gasteiger partial charge in [0.15, 0.2) is 5.78 Å². The third kappa shape index (κ3) is 2.42. The van der Waals surface area contributed by atoms with E-state index in [1.165, 1.54) is 10.4 Å². The van der Waals surface area contributed by atoms with Gasteiger partial charge in [0.25, 0.3) is 0 Å². The lowest BCUT2D eigenvalue weighted by Crippen LogP contribution is -2.31. The lowest BCUT2D eigenvalue weighted by atomic mass is 9.87. The van der Waals surface area contributed by atoms with Crippen LogP contribution in [0.4, 0.5) is 5.95 Å². The number of nitrogens with one attached hydrogen (secondary N) is 1. The van der Waals surface area contributed by atoms with Gasteiger partial charge < -0.3 is 5.32 Å². The molecule has 1 aliphatic carbocycles. The second-order valence-corrected chi connectivity index (χ2v) is 7.94. The number of allylic oxidation sites excluding steroid dienone is 2. The number of nitrogens with zero attached hydrogens (tertiary/aromatic N) is 3. The Bertz CT molecular complexity index is 805. The molecular formula is C16H18N4OS2. The molecule has 2 aliphatic rings. The van der Waals surface area contributed by atoms with Gasteiger partial charge in [-0.3, -0.25) is 4.79 Å². The third-order valence-electron chi connectivity index (χ3n) is 4.27. The molecule has 0 aromatic carbocycles. The van der Waals surface area contributed by atoms with Crippen LogP contribution in [0.25, 0.3) is 0 Å². The van der Waals surface area contributed by atoms with Crippen molar-refractivity contribution in [2.24, 2.45) is 0 Å². The van der Waals surface area contributed by atoms with Crippen LogP contribution >= 0.6 is 23.1 Å². The van der Waals surface area contributed by atoms with E-state index in [1.54, 1.807) is 23.1 Å². The molecule has 0 saturated carbocycles. The van der Waals surface area contributed by atoms with Crippen LogP contribution in [0.2, 0.25) is 0 Å². The summed E-state index contributed by atoms with van der Waals surface area (Å²) in [4.78, 5) is 18.4. The number of Topliss-reactive ketones (excluding diaryl/α,β-unsaturated/α-hetero) is 1. The van der Waals surface area contributed by atoms with Gasteiger partial charge in [-0.05, 0) is 42.5 Å². The molecule has 7 heteroatoms. The minimum Gasteiger partial charge on any atom is -0.328 e. The number of rotatable bonds is 3. The Morgan fingerprint density at radius 1 is 1.48 bits per heavy atom. The number of thiophene rings is 1. The minimum absolute atomic E-state index is 0.132. The zero-order chi connectivity index (χ0) is 16.0. The molecule has 0 radical (unpaired) electrons. The molecule has 1 aliphatic heterocycles. The quantitative estimate of drug-likeness (QED) is 0.857. The van der Waals surface area contributed by atoms with Crippen molar-refractivity contribution >= 4 is 34.8 Å². The van der Waals surface area contributed by atoms with E-state index in [0.717, 1.165) is 41.0 Å². The maximum Gasteiger partial charge on any atom is 0.227 e. The van der Waals surface area contributed by atoms with Crippen LogP contribution in [0.5, 0.6) is 0 Å². The SMILES string of the molecule is CCSc1nc2n(n1)[C@H](c1sccc1C)C1=C(CCCC1=O)N2. The first-order valence-electron chi connectivity index (χ1n) is 7.85. The van der Waals surface area contributed by atoms with Crippen molar-refractivity contribution < 1.29 is 4.79 Å². The minimum atomic E-state index is -0.132. The average Bonchev–Trinajstić information content (AvgIpc) is 3.11. The second-order valence-electron chi connectivity index (χ2n) is 5.76. The number of carbonyl (C=O) groups excluding carboxylic acids is 1. The molecule has 2 aromatic heterocycles. The van der Waals surface area contributed by atoms with Gasteiger partial charge in [-0.15, -0.1) is 16.4 Å². The molecule has 0 saturated heterocycles. The van der Waals surface area contributed by atoms with Gasteiger partial charge in [0, 0.05) is 22.6 Å². The molecule has 1 N–H and O–H groups in total. The first-order chi connectivity index (χ1) is 11.2. The van der Waals surface area contributed by atoms with Crippen LogP contribution in [0, 0.1) is 6.92 Å². The lowest BCUT2D eigenvalue weighted by molar-refractivity contribution is -0.116. The molecule has 4 rings (SSSR count). The summed E-state index contributed by atoms with van der Waals surface area (Å²) in [6.07, 6.45) is 2.44. The maximum atomic E-state index is 12.6. The van der Waals surface area contributed by atoms with E-state index in [4.69, 9.17) is 0 Å². The van der Waals surface area contributed by atoms with E-state index in [1.807, 2.05) is 4.68 Å². The third-order valence-corrected chi connectivity index (χ3v) is 6.06. The van der Waals surface area contributed by atoms with Crippen molar-refractivity contribution in [3.8, 4) is 0 Å². The highest BCUT2D eigenvalue weighted by Gasteiger charge is 2.37. The summed E-state index contributed by atoms with van der Waals surface area (Å²) in [5, 5.41) is 10.9. The van der Waals surface area contributed by atoms with E-state index in [9.17, 15) is 4.79 Å². The van der Waals surface area contributed by atoms with Crippen LogP contribution in [0.1, 0.15) is 42.7 Å². The van der Waals surface area contributed by atoms with Crippen molar-refractivity contribution in [2.45, 2.75) is 44.3 Å². The zero-order valence-electron chi connectivity index (χ0n) is 13.1. The molecule has 120 valence electrons. The molecular weight excluding hydrogens is 328 g/mol. The molecule has 0 unspecified atom stereocenters. The summed E-state index contributed by atoms with van der Waals surface area (Å²) >= 11 is 3.31. The fourth-order valence-corrected chi connectivity index (χ4v) is 4.81. The van der Waals surface area contributed by atoms with Gasteiger partial charge >= 0.3 is 0 Å². The van der Waals surface area contributed by atoms with Crippen molar-refractivity contribution in [1.82, 2.24) is 14.8 Å². The zero-order valence-corrected chi connectivity index (χ0v) is 14.8. The Balaban J connectivity index is 1.89. The largest absolute Gasteiger partial charge is 0.328 e. The number of thioether (sulfide) groups is 1. The average molecular weight is 346 g/mol. The molecule has 1 atom stereocenters. The second kappa shape index (κ2) is 5.79. The molecule has 0 fully saturated rings. The molecule has 5 nitrogen and oxygen atoms in total. The van der Waals surface area contributed by atoms with Crippen LogP contribution in [0.15, 0.2) is 27.9 Å². The standard InChI is InChI=1S/C16H18N4OS2/c1-3-22-16-18-15-17-10-5-4-6-11(21)12(10)13(20(15)19-16)14-9(2)7-8-23-14/h7-8,13H,3-6H2,1-2H3,(H,17,18,19)/t13-/m0/s1. The molecule has 0 amide bonds. The maximum absolute atomic E-state index is 12.6. The highest BCUT2D eigenvalue weighted by Crippen LogP contribution is 2.42. The lowest BCUT2D eigenvalue weighted by Gasteiger charge is -2.31. The number of ketones is 1. The number of fused-ring (bicyclic) bond motifs is 1. The van der Waals surface area contributed by atoms with Gasteiger partial charge in [-0.25, -0.2) is 4.68 Å². The van der Waals surface area contributed by atoms with E-state index in [-0.39, 0.29) is 11.8 Å². The van der Waals surface area contributed by atoms with E-state index >= 15 is 0 Å². The summed E-state index contributed by atoms with van der Waals surface area (Å²) < 4.78 is 1.90. The number of hydrogen-bond donors (Lipinski definition) is 1. The molecule has 3 heterocycles. The fourth-order valence-electron chi connectivity index (χ4n) is 3.23. The van der Waals surface area contributed by atoms with E-state index in [0.29, 0.717) is 6.42 Å². The van der Waals surface area contributed by atoms with Crippen molar-refractivity contribution in [1.29, 1.82) is 0 Å². The van der Waals surface area contributed by atoms with E-state index < -0.39 is 0 Å². The summed E-state index contributed by atoms with van der Waals surface area (Å²) in [5.74, 6) is 1.92. The predicted octanol–water partition coefficient (Wildman–Crippen LogP) is 3.78. The Morgan fingerprint density at radius 3 is 3.09 bits per heavy atom. The molecule has 0 spiro atoms. The Kier molecular flexibility index (Phi) is 3.77. The van der Waals surface area contributed by atoms with Gasteiger partial charge in [0.05, 0.1) is 0 Å². The number of hydrogen-bond acceptors (Lipinski definition) is 6. The van der Waals surface area contributed by atoms with Crippen LogP contribution < -0.4 is 5.32 Å². The summed E-state index contributed by atoms with van der Waals surface area (Å²) in [5.41, 5.74) is 3.12. The van der Waals surface area contributed by atoms with Crippen LogP contribution in [0.3, 0.4) is 0 Å². The Hall–Kier alpha value is -1.60. The van der Waals surface area contributed by atoms with E-state index in [2.05, 4.69) is 40.7 Å². The Labute approximate surface area is 143 Å². The first kappa shape index (κ1) is 15.0. The highest BCUT2D eigenvalue weighted by atomic mass is 32.2. The number of carbonyl (C=O) groups is 1.